The summed E-state index contributed by atoms with van der Waals surface area (Å²) in [4.78, 5) is 0. The fourth-order valence-corrected chi connectivity index (χ4v) is 3.99. The van der Waals surface area contributed by atoms with Gasteiger partial charge in [-0.15, -0.1) is 0 Å². The van der Waals surface area contributed by atoms with Crippen LogP contribution in [0.15, 0.2) is 34.2 Å². The number of rotatable bonds is 11. The van der Waals surface area contributed by atoms with Gasteiger partial charge in [-0.3, -0.25) is 0 Å². The van der Waals surface area contributed by atoms with Crippen molar-refractivity contribution in [3.8, 4) is 0 Å². The van der Waals surface area contributed by atoms with Crippen molar-refractivity contribution < 1.29 is 25.6 Å². The first-order valence-corrected chi connectivity index (χ1v) is 10.6. The van der Waals surface area contributed by atoms with Gasteiger partial charge in [0.05, 0.1) is 0 Å². The fraction of sp³-hybridized carbons (Fsp3) is 0.579. The van der Waals surface area contributed by atoms with E-state index in [1.165, 1.54) is 54.1 Å². The Hall–Kier alpha value is -0.380. The van der Waals surface area contributed by atoms with Crippen molar-refractivity contribution in [3.63, 3.8) is 0 Å². The Morgan fingerprint density at radius 3 is 2.14 bits per heavy atom. The second-order valence-electron chi connectivity index (χ2n) is 5.69. The highest BCUT2D eigenvalue weighted by atomic mass is 127. The lowest BCUT2D eigenvalue weighted by atomic mass is 10.1. The molecule has 0 radical (unpaired) electrons. The van der Waals surface area contributed by atoms with Crippen LogP contribution in [0.5, 0.6) is 0 Å². The number of benzene rings is 1. The zero-order chi connectivity index (χ0) is 15.3. The molecule has 0 heterocycles. The molecule has 0 nitrogen and oxygen atoms in total. The molecule has 0 aromatic heterocycles. The summed E-state index contributed by atoms with van der Waals surface area (Å²) < 4.78 is 16.9. The first-order chi connectivity index (χ1) is 10.2. The molecule has 0 aliphatic heterocycles. The van der Waals surface area contributed by atoms with Crippen molar-refractivity contribution in [3.05, 3.63) is 43.3 Å². The lowest BCUT2D eigenvalue weighted by Crippen LogP contribution is -3.59. The number of hydrogen-bond donors (Lipinski definition) is 0. The van der Waals surface area contributed by atoms with Crippen LogP contribution in [-0.4, -0.2) is 0 Å². The normalized spacial score (nSPS) is 11.9. The second-order valence-corrected chi connectivity index (χ2v) is 8.18. The largest absolute Gasteiger partial charge is 0.352 e. The van der Waals surface area contributed by atoms with Gasteiger partial charge in [-0.05, 0) is 25.5 Å². The molecule has 0 spiro atoms. The maximum absolute atomic E-state index is 13.7. The van der Waals surface area contributed by atoms with Crippen LogP contribution < -0.4 is 21.2 Å². The van der Waals surface area contributed by atoms with Crippen LogP contribution in [-0.2, 0) is 0 Å². The summed E-state index contributed by atoms with van der Waals surface area (Å²) in [6, 6.07) is 8.48. The molecule has 2 heteroatoms. The first-order valence-electron chi connectivity index (χ1n) is 8.27. The van der Waals surface area contributed by atoms with Gasteiger partial charge in [0.2, 0.25) is 0 Å². The summed E-state index contributed by atoms with van der Waals surface area (Å²) in [5.41, 5.74) is 1.27. The molecule has 0 unspecified atom stereocenters. The van der Waals surface area contributed by atoms with Gasteiger partial charge < -0.3 is 0 Å². The number of halogens is 2. The number of unbranched alkanes of at least 4 members (excludes halogenated alkanes) is 7. The summed E-state index contributed by atoms with van der Waals surface area (Å²) in [5, 5.41) is 0. The third-order valence-electron chi connectivity index (χ3n) is 3.58. The molecule has 0 amide bonds. The van der Waals surface area contributed by atoms with Gasteiger partial charge in [0, 0.05) is 6.42 Å². The summed E-state index contributed by atoms with van der Waals surface area (Å²) in [5.74, 6) is 0.106. The number of aryl methyl sites for hydroxylation is 1. The van der Waals surface area contributed by atoms with Crippen molar-refractivity contribution in [1.82, 2.24) is 0 Å². The van der Waals surface area contributed by atoms with Gasteiger partial charge in [0.25, 0.3) is 0 Å². The summed E-state index contributed by atoms with van der Waals surface area (Å²) in [6.07, 6.45) is 10.8. The van der Waals surface area contributed by atoms with Crippen molar-refractivity contribution >= 4 is 0 Å². The van der Waals surface area contributed by atoms with E-state index < -0.39 is 0 Å². The molecule has 1 aromatic carbocycles. The topological polar surface area (TPSA) is 0 Å². The molecule has 0 bridgehead atoms. The molecular weight excluding hydrogens is 374 g/mol. The van der Waals surface area contributed by atoms with E-state index in [0.717, 1.165) is 6.42 Å². The molecule has 21 heavy (non-hydrogen) atoms. The van der Waals surface area contributed by atoms with Crippen molar-refractivity contribution in [2.75, 3.05) is 0 Å². The quantitative estimate of drug-likeness (QED) is 0.391. The standard InChI is InChI=1S/C19H29FI/c1-3-4-5-6-7-8-9-10-11-18(20)16-21-19-14-12-17(2)13-15-19/h12-16H,3-11H2,1-2H3/q+1/b18-16+. The lowest BCUT2D eigenvalue weighted by molar-refractivity contribution is -0.558. The number of allylic oxidation sites excluding steroid dienone is 1. The van der Waals surface area contributed by atoms with E-state index in [0.29, 0.717) is 6.42 Å². The van der Waals surface area contributed by atoms with E-state index in [-0.39, 0.29) is 27.0 Å². The molecule has 0 fully saturated rings. The van der Waals surface area contributed by atoms with Gasteiger partial charge in [0.1, 0.15) is 5.83 Å². The predicted molar refractivity (Wildman–Crippen MR) is 86.3 cm³/mol. The van der Waals surface area contributed by atoms with Gasteiger partial charge in [-0.2, -0.15) is 0 Å². The number of hydrogen-bond acceptors (Lipinski definition) is 0. The van der Waals surface area contributed by atoms with Gasteiger partial charge in [-0.25, -0.2) is 4.39 Å². The SMILES string of the molecule is CCCCCCCCCC/C(F)=C\[I+]c1ccc(C)cc1. The third kappa shape index (κ3) is 10.0. The highest BCUT2D eigenvalue weighted by Gasteiger charge is 2.10. The Labute approximate surface area is 140 Å². The molecule has 1 aromatic rings. The van der Waals surface area contributed by atoms with E-state index >= 15 is 0 Å². The minimum Gasteiger partial charge on any atom is -0.208 e. The van der Waals surface area contributed by atoms with Crippen LogP contribution in [0.4, 0.5) is 4.39 Å². The monoisotopic (exact) mass is 403 g/mol. The van der Waals surface area contributed by atoms with Crippen molar-refractivity contribution in [2.24, 2.45) is 0 Å². The molecule has 0 atom stereocenters. The molecule has 0 saturated heterocycles. The molecule has 0 aliphatic rings. The highest BCUT2D eigenvalue weighted by Crippen LogP contribution is 2.12. The van der Waals surface area contributed by atoms with Crippen molar-refractivity contribution in [1.29, 1.82) is 0 Å². The Kier molecular flexibility index (Phi) is 10.8. The average molecular weight is 403 g/mol. The van der Waals surface area contributed by atoms with E-state index in [2.05, 4.69) is 38.1 Å². The molecule has 1 rings (SSSR count). The van der Waals surface area contributed by atoms with Gasteiger partial charge in [0.15, 0.2) is 7.65 Å². The highest BCUT2D eigenvalue weighted by molar-refractivity contribution is 5.11. The van der Waals surface area contributed by atoms with Crippen LogP contribution in [0.25, 0.3) is 0 Å². The van der Waals surface area contributed by atoms with Crippen LogP contribution >= 0.6 is 0 Å². The van der Waals surface area contributed by atoms with Crippen LogP contribution in [0.1, 0.15) is 70.3 Å². The van der Waals surface area contributed by atoms with E-state index in [9.17, 15) is 4.39 Å². The third-order valence-corrected chi connectivity index (χ3v) is 6.00. The minimum atomic E-state index is -0.300. The fourth-order valence-electron chi connectivity index (χ4n) is 2.21. The Bertz CT molecular complexity index is 395. The Balaban J connectivity index is 2.06. The summed E-state index contributed by atoms with van der Waals surface area (Å²) in [7, 11) is 0. The molecule has 0 saturated carbocycles. The second kappa shape index (κ2) is 12.2. The Morgan fingerprint density at radius 1 is 0.952 bits per heavy atom. The predicted octanol–water partition coefficient (Wildman–Crippen LogP) is 3.60. The lowest BCUT2D eigenvalue weighted by Gasteiger charge is -2.00. The van der Waals surface area contributed by atoms with Crippen LogP contribution in [0.3, 0.4) is 0 Å². The molecular formula is C19H29FI+. The average Bonchev–Trinajstić information content (AvgIpc) is 2.49. The first kappa shape index (κ1) is 18.7. The van der Waals surface area contributed by atoms with E-state index in [1.807, 2.05) is 4.08 Å². The van der Waals surface area contributed by atoms with Gasteiger partial charge >= 0.3 is 21.2 Å². The zero-order valence-corrected chi connectivity index (χ0v) is 15.7. The summed E-state index contributed by atoms with van der Waals surface area (Å²) in [6.45, 7) is 4.33. The summed E-state index contributed by atoms with van der Waals surface area (Å²) >= 11 is -0.300. The minimum absolute atomic E-state index is 0.106. The Morgan fingerprint density at radius 2 is 1.52 bits per heavy atom. The van der Waals surface area contributed by atoms with Crippen LogP contribution in [0.2, 0.25) is 0 Å². The van der Waals surface area contributed by atoms with Crippen molar-refractivity contribution in [2.45, 2.75) is 71.6 Å². The molecule has 118 valence electrons. The maximum atomic E-state index is 13.7. The van der Waals surface area contributed by atoms with Gasteiger partial charge in [-0.1, -0.05) is 69.6 Å². The molecule has 0 aliphatic carbocycles. The van der Waals surface area contributed by atoms with E-state index in [4.69, 9.17) is 0 Å². The zero-order valence-electron chi connectivity index (χ0n) is 13.5. The van der Waals surface area contributed by atoms with E-state index in [1.54, 1.807) is 0 Å². The molecule has 0 N–H and O–H groups in total. The van der Waals surface area contributed by atoms with Crippen LogP contribution in [0, 0.1) is 10.5 Å². The smallest absolute Gasteiger partial charge is 0.208 e. The maximum Gasteiger partial charge on any atom is 0.352 e.